The number of hydrogen-bond acceptors (Lipinski definition) is 4. The zero-order valence-corrected chi connectivity index (χ0v) is 15.6. The number of amides is 2. The number of rotatable bonds is 10. The predicted molar refractivity (Wildman–Crippen MR) is 96.4 cm³/mol. The van der Waals surface area contributed by atoms with E-state index in [-0.39, 0.29) is 23.7 Å². The van der Waals surface area contributed by atoms with Gasteiger partial charge in [0.2, 0.25) is 11.8 Å². The van der Waals surface area contributed by atoms with Gasteiger partial charge in [-0.25, -0.2) is 0 Å². The Balaban J connectivity index is 1.12. The zero-order valence-electron chi connectivity index (χ0n) is 15.6. The Morgan fingerprint density at radius 2 is 2.04 bits per heavy atom. The van der Waals surface area contributed by atoms with Crippen molar-refractivity contribution in [3.63, 3.8) is 0 Å². The molecule has 6 nitrogen and oxygen atoms in total. The molecule has 4 rings (SSSR count). The summed E-state index contributed by atoms with van der Waals surface area (Å²) in [6, 6.07) is 1.91. The third-order valence-corrected chi connectivity index (χ3v) is 6.22. The molecule has 1 heterocycles. The number of nitrogens with zero attached hydrogens (tertiary/aromatic N) is 1. The van der Waals surface area contributed by atoms with Crippen LogP contribution >= 0.6 is 0 Å². The van der Waals surface area contributed by atoms with Gasteiger partial charge in [-0.1, -0.05) is 12.1 Å². The second-order valence-electron chi connectivity index (χ2n) is 8.73. The van der Waals surface area contributed by atoms with E-state index in [1.54, 1.807) is 0 Å². The molecule has 3 fully saturated rings. The highest BCUT2D eigenvalue weighted by Gasteiger charge is 2.42. The lowest BCUT2D eigenvalue weighted by Gasteiger charge is -2.16. The molecule has 2 amide bonds. The molecule has 2 unspecified atom stereocenters. The van der Waals surface area contributed by atoms with Crippen LogP contribution in [0.15, 0.2) is 10.6 Å². The first-order valence-electron chi connectivity index (χ1n) is 10.0. The molecule has 26 heavy (non-hydrogen) atoms. The summed E-state index contributed by atoms with van der Waals surface area (Å²) < 4.78 is 5.28. The van der Waals surface area contributed by atoms with E-state index in [0.29, 0.717) is 30.5 Å². The number of hydrogen-bond donors (Lipinski definition) is 2. The third kappa shape index (κ3) is 4.65. The van der Waals surface area contributed by atoms with Gasteiger partial charge >= 0.3 is 0 Å². The number of carbonyl (C=O) groups is 2. The molecule has 3 saturated carbocycles. The normalized spacial score (nSPS) is 25.6. The zero-order chi connectivity index (χ0) is 18.1. The van der Waals surface area contributed by atoms with Gasteiger partial charge in [-0.2, -0.15) is 0 Å². The first-order valence-corrected chi connectivity index (χ1v) is 10.0. The van der Waals surface area contributed by atoms with Crippen molar-refractivity contribution in [2.45, 2.75) is 64.2 Å². The number of nitrogens with one attached hydrogen (secondary N) is 2. The van der Waals surface area contributed by atoms with Crippen LogP contribution in [0, 0.1) is 17.3 Å². The van der Waals surface area contributed by atoms with E-state index < -0.39 is 0 Å². The van der Waals surface area contributed by atoms with Crippen LogP contribution in [0.3, 0.4) is 0 Å². The summed E-state index contributed by atoms with van der Waals surface area (Å²) in [5, 5.41) is 10.1. The maximum atomic E-state index is 12.1. The summed E-state index contributed by atoms with van der Waals surface area (Å²) in [5.74, 6) is 2.93. The van der Waals surface area contributed by atoms with E-state index in [9.17, 15) is 9.59 Å². The Bertz CT molecular complexity index is 676. The average molecular weight is 359 g/mol. The van der Waals surface area contributed by atoms with Crippen LogP contribution in [0.5, 0.6) is 0 Å². The fourth-order valence-electron chi connectivity index (χ4n) is 3.64. The van der Waals surface area contributed by atoms with Crippen molar-refractivity contribution in [3.05, 3.63) is 17.5 Å². The highest BCUT2D eigenvalue weighted by atomic mass is 16.5. The molecule has 0 aliphatic heterocycles. The topological polar surface area (TPSA) is 84.2 Å². The van der Waals surface area contributed by atoms with Crippen molar-refractivity contribution >= 4 is 11.8 Å². The quantitative estimate of drug-likeness (QED) is 0.672. The van der Waals surface area contributed by atoms with E-state index in [4.69, 9.17) is 4.52 Å². The molecule has 0 bridgehead atoms. The lowest BCUT2D eigenvalue weighted by Crippen LogP contribution is -2.33. The highest BCUT2D eigenvalue weighted by Crippen LogP contribution is 2.48. The van der Waals surface area contributed by atoms with Crippen LogP contribution < -0.4 is 10.6 Å². The van der Waals surface area contributed by atoms with Crippen LogP contribution in [0.2, 0.25) is 0 Å². The Morgan fingerprint density at radius 1 is 1.27 bits per heavy atom. The Kier molecular flexibility index (Phi) is 4.76. The van der Waals surface area contributed by atoms with Gasteiger partial charge < -0.3 is 15.2 Å². The molecule has 2 atom stereocenters. The second kappa shape index (κ2) is 7.05. The molecule has 1 aromatic heterocycles. The van der Waals surface area contributed by atoms with Gasteiger partial charge in [0.15, 0.2) is 0 Å². The van der Waals surface area contributed by atoms with Crippen LogP contribution in [0.4, 0.5) is 0 Å². The van der Waals surface area contributed by atoms with Gasteiger partial charge in [0.05, 0.1) is 12.1 Å². The minimum Gasteiger partial charge on any atom is -0.361 e. The van der Waals surface area contributed by atoms with Crippen molar-refractivity contribution in [1.82, 2.24) is 15.8 Å². The smallest absolute Gasteiger partial charge is 0.226 e. The summed E-state index contributed by atoms with van der Waals surface area (Å²) in [4.78, 5) is 24.0. The molecule has 0 spiro atoms. The molecule has 0 radical (unpaired) electrons. The average Bonchev–Trinajstić information content (AvgIpc) is 3.52. The largest absolute Gasteiger partial charge is 0.361 e. The highest BCUT2D eigenvalue weighted by molar-refractivity contribution is 5.78. The first kappa shape index (κ1) is 17.6. The summed E-state index contributed by atoms with van der Waals surface area (Å²) in [6.45, 7) is 3.60. The molecule has 3 aliphatic rings. The molecular weight excluding hydrogens is 330 g/mol. The number of carbonyl (C=O) groups excluding carboxylic acids is 2. The van der Waals surface area contributed by atoms with E-state index in [2.05, 4.69) is 22.7 Å². The van der Waals surface area contributed by atoms with Crippen LogP contribution in [-0.4, -0.2) is 30.1 Å². The van der Waals surface area contributed by atoms with Crippen molar-refractivity contribution in [1.29, 1.82) is 0 Å². The van der Waals surface area contributed by atoms with Crippen LogP contribution in [0.1, 0.15) is 69.2 Å². The van der Waals surface area contributed by atoms with Crippen molar-refractivity contribution in [2.24, 2.45) is 17.3 Å². The fraction of sp³-hybridized carbons (Fsp3) is 0.750. The molecule has 0 saturated heterocycles. The molecule has 3 aliphatic carbocycles. The Morgan fingerprint density at radius 3 is 2.69 bits per heavy atom. The minimum atomic E-state index is -0.0109. The predicted octanol–water partition coefficient (Wildman–Crippen LogP) is 2.54. The Hall–Kier alpha value is -1.85. The lowest BCUT2D eigenvalue weighted by molar-refractivity contribution is -0.122. The van der Waals surface area contributed by atoms with Gasteiger partial charge in [-0.05, 0) is 55.8 Å². The minimum absolute atomic E-state index is 0.0109. The summed E-state index contributed by atoms with van der Waals surface area (Å²) >= 11 is 0. The standard InChI is InChI=1S/C20H29N3O3/c1-13-8-15(13)9-18(24)22-12-20(4-5-20)6-7-21-19(25)11-16-10-17(26-23-16)14-2-3-14/h10,13-15H,2-9,11-12H2,1H3,(H,21,25)(H,22,24). The molecule has 142 valence electrons. The van der Waals surface area contributed by atoms with Crippen molar-refractivity contribution in [3.8, 4) is 0 Å². The van der Waals surface area contributed by atoms with E-state index in [1.807, 2.05) is 6.07 Å². The molecule has 2 N–H and O–H groups in total. The second-order valence-corrected chi connectivity index (χ2v) is 8.73. The van der Waals surface area contributed by atoms with E-state index in [0.717, 1.165) is 37.5 Å². The first-order chi connectivity index (χ1) is 12.5. The SMILES string of the molecule is CC1CC1CC(=O)NCC1(CCNC(=O)Cc2cc(C3CC3)on2)CC1. The molecule has 0 aromatic carbocycles. The summed E-state index contributed by atoms with van der Waals surface area (Å²) in [7, 11) is 0. The fourth-order valence-corrected chi connectivity index (χ4v) is 3.64. The van der Waals surface area contributed by atoms with Gasteiger partial charge in [0.1, 0.15) is 5.76 Å². The van der Waals surface area contributed by atoms with Gasteiger partial charge in [-0.15, -0.1) is 0 Å². The van der Waals surface area contributed by atoms with Crippen molar-refractivity contribution in [2.75, 3.05) is 13.1 Å². The van der Waals surface area contributed by atoms with Gasteiger partial charge in [0, 0.05) is 31.5 Å². The summed E-state index contributed by atoms with van der Waals surface area (Å²) in [5.41, 5.74) is 0.914. The van der Waals surface area contributed by atoms with Crippen molar-refractivity contribution < 1.29 is 14.1 Å². The molecular formula is C20H29N3O3. The molecule has 1 aromatic rings. The molecule has 6 heteroatoms. The number of aromatic nitrogens is 1. The van der Waals surface area contributed by atoms with Gasteiger partial charge in [-0.3, -0.25) is 9.59 Å². The Labute approximate surface area is 154 Å². The third-order valence-electron chi connectivity index (χ3n) is 6.22. The maximum absolute atomic E-state index is 12.1. The van der Waals surface area contributed by atoms with E-state index in [1.165, 1.54) is 19.3 Å². The monoisotopic (exact) mass is 359 g/mol. The maximum Gasteiger partial charge on any atom is 0.226 e. The van der Waals surface area contributed by atoms with E-state index >= 15 is 0 Å². The van der Waals surface area contributed by atoms with Gasteiger partial charge in [0.25, 0.3) is 0 Å². The summed E-state index contributed by atoms with van der Waals surface area (Å²) in [6.07, 6.45) is 7.67. The van der Waals surface area contributed by atoms with Crippen LogP contribution in [0.25, 0.3) is 0 Å². The lowest BCUT2D eigenvalue weighted by atomic mass is 10.0. The van der Waals surface area contributed by atoms with Crippen LogP contribution in [-0.2, 0) is 16.0 Å².